The second-order valence-electron chi connectivity index (χ2n) is 8.39. The number of amides is 1. The summed E-state index contributed by atoms with van der Waals surface area (Å²) in [7, 11) is 1.89. The number of aryl methyl sites for hydroxylation is 2. The third kappa shape index (κ3) is 3.62. The van der Waals surface area contributed by atoms with Gasteiger partial charge >= 0.3 is 0 Å². The van der Waals surface area contributed by atoms with Crippen molar-refractivity contribution in [2.45, 2.75) is 63.5 Å². The molecule has 3 aromatic rings. The summed E-state index contributed by atoms with van der Waals surface area (Å²) in [5, 5.41) is 12.4. The molecule has 1 N–H and O–H groups in total. The number of nitrogens with zero attached hydrogens (tertiary/aromatic N) is 6. The second-order valence-corrected chi connectivity index (χ2v) is 8.39. The lowest BCUT2D eigenvalue weighted by atomic mass is 9.90. The molecule has 0 aromatic carbocycles. The van der Waals surface area contributed by atoms with Crippen molar-refractivity contribution in [1.29, 1.82) is 0 Å². The predicted octanol–water partition coefficient (Wildman–Crippen LogP) is 2.87. The van der Waals surface area contributed by atoms with Gasteiger partial charge in [-0.05, 0) is 57.4 Å². The molecule has 0 unspecified atom stereocenters. The summed E-state index contributed by atoms with van der Waals surface area (Å²) in [6.45, 7) is 0. The molecular weight excluding hydrogens is 378 g/mol. The van der Waals surface area contributed by atoms with Crippen molar-refractivity contribution in [3.63, 3.8) is 0 Å². The fraction of sp³-hybridized carbons (Fsp3) is 0.500. The van der Waals surface area contributed by atoms with E-state index in [1.807, 2.05) is 24.0 Å². The lowest BCUT2D eigenvalue weighted by molar-refractivity contribution is 0.0911. The smallest absolute Gasteiger partial charge is 0.270 e. The van der Waals surface area contributed by atoms with Gasteiger partial charge in [0.15, 0.2) is 0 Å². The van der Waals surface area contributed by atoms with Crippen molar-refractivity contribution in [3.05, 3.63) is 47.9 Å². The molecule has 1 fully saturated rings. The molecule has 0 spiro atoms. The number of carbonyl (C=O) groups is 1. The topological polar surface area (TPSA) is 90.5 Å². The van der Waals surface area contributed by atoms with Gasteiger partial charge in [-0.15, -0.1) is 0 Å². The molecule has 0 radical (unpaired) electrons. The van der Waals surface area contributed by atoms with Crippen LogP contribution < -0.4 is 5.32 Å². The Hall–Kier alpha value is -3.03. The highest BCUT2D eigenvalue weighted by Crippen LogP contribution is 2.30. The van der Waals surface area contributed by atoms with Gasteiger partial charge in [0.2, 0.25) is 0 Å². The van der Waals surface area contributed by atoms with Gasteiger partial charge in [0.25, 0.3) is 5.91 Å². The van der Waals surface area contributed by atoms with E-state index in [1.165, 1.54) is 6.42 Å². The summed E-state index contributed by atoms with van der Waals surface area (Å²) in [6, 6.07) is 2.46. The molecule has 1 saturated carbocycles. The van der Waals surface area contributed by atoms with Crippen LogP contribution in [0.15, 0.2) is 31.0 Å². The Kier molecular flexibility index (Phi) is 5.06. The quantitative estimate of drug-likeness (QED) is 0.721. The number of aromatic nitrogens is 6. The van der Waals surface area contributed by atoms with E-state index in [2.05, 4.69) is 31.7 Å². The number of hydrogen-bond acceptors (Lipinski definition) is 5. The van der Waals surface area contributed by atoms with Crippen LogP contribution in [0.3, 0.4) is 0 Å². The van der Waals surface area contributed by atoms with E-state index in [0.717, 1.165) is 73.2 Å². The molecule has 0 bridgehead atoms. The second kappa shape index (κ2) is 8.01. The molecule has 0 saturated heterocycles. The fourth-order valence-electron chi connectivity index (χ4n) is 4.84. The molecule has 8 heteroatoms. The molecule has 30 heavy (non-hydrogen) atoms. The van der Waals surface area contributed by atoms with E-state index in [-0.39, 0.29) is 11.9 Å². The van der Waals surface area contributed by atoms with Crippen molar-refractivity contribution in [2.75, 3.05) is 0 Å². The van der Waals surface area contributed by atoms with Crippen LogP contribution in [0.25, 0.3) is 11.3 Å². The van der Waals surface area contributed by atoms with Gasteiger partial charge in [-0.25, -0.2) is 9.97 Å². The SMILES string of the molecule is Cn1nc2c(c1C(=O)NC1CCC(n3cc(-c4ccncn4)cn3)CC1)CCCC2. The van der Waals surface area contributed by atoms with Crippen LogP contribution in [0.4, 0.5) is 0 Å². The maximum absolute atomic E-state index is 13.0. The Labute approximate surface area is 175 Å². The summed E-state index contributed by atoms with van der Waals surface area (Å²) in [5.41, 5.74) is 4.92. The number of rotatable bonds is 4. The zero-order valence-electron chi connectivity index (χ0n) is 17.3. The molecule has 0 atom stereocenters. The minimum atomic E-state index is 0.0294. The molecule has 2 aliphatic carbocycles. The average Bonchev–Trinajstić information content (AvgIpc) is 3.39. The van der Waals surface area contributed by atoms with Crippen molar-refractivity contribution < 1.29 is 4.79 Å². The van der Waals surface area contributed by atoms with E-state index < -0.39 is 0 Å². The highest BCUT2D eigenvalue weighted by atomic mass is 16.2. The highest BCUT2D eigenvalue weighted by molar-refractivity contribution is 5.94. The van der Waals surface area contributed by atoms with Gasteiger partial charge in [-0.3, -0.25) is 14.2 Å². The normalized spacial score (nSPS) is 21.2. The third-order valence-electron chi connectivity index (χ3n) is 6.42. The van der Waals surface area contributed by atoms with Crippen LogP contribution in [0.5, 0.6) is 0 Å². The van der Waals surface area contributed by atoms with Crippen LogP contribution >= 0.6 is 0 Å². The monoisotopic (exact) mass is 405 g/mol. The van der Waals surface area contributed by atoms with Crippen molar-refractivity contribution in [1.82, 2.24) is 34.8 Å². The first kappa shape index (κ1) is 19.0. The van der Waals surface area contributed by atoms with E-state index >= 15 is 0 Å². The molecule has 156 valence electrons. The first-order valence-corrected chi connectivity index (χ1v) is 10.8. The molecule has 1 amide bonds. The molecular formula is C22H27N7O. The van der Waals surface area contributed by atoms with Gasteiger partial charge in [-0.1, -0.05) is 0 Å². The van der Waals surface area contributed by atoms with E-state index in [4.69, 9.17) is 0 Å². The fourth-order valence-corrected chi connectivity index (χ4v) is 4.84. The summed E-state index contributed by atoms with van der Waals surface area (Å²) < 4.78 is 3.82. The van der Waals surface area contributed by atoms with Crippen molar-refractivity contribution in [3.8, 4) is 11.3 Å². The number of carbonyl (C=O) groups excluding carboxylic acids is 1. The standard InChI is InChI=1S/C22H27N7O/c1-28-21(18-4-2-3-5-20(18)27-28)22(30)26-16-6-8-17(9-7-16)29-13-15(12-25-29)19-10-11-23-14-24-19/h10-14,16-17H,2-9H2,1H3,(H,26,30). The maximum Gasteiger partial charge on any atom is 0.270 e. The molecule has 2 aliphatic rings. The molecule has 3 aromatic heterocycles. The van der Waals surface area contributed by atoms with Gasteiger partial charge in [0.1, 0.15) is 12.0 Å². The van der Waals surface area contributed by atoms with E-state index in [9.17, 15) is 4.79 Å². The summed E-state index contributed by atoms with van der Waals surface area (Å²) in [6.07, 6.45) is 15.4. The summed E-state index contributed by atoms with van der Waals surface area (Å²) >= 11 is 0. The Balaban J connectivity index is 1.20. The van der Waals surface area contributed by atoms with Gasteiger partial charge in [0, 0.05) is 36.6 Å². The Morgan fingerprint density at radius 2 is 2.00 bits per heavy atom. The Bertz CT molecular complexity index is 1030. The molecule has 8 nitrogen and oxygen atoms in total. The molecule has 3 heterocycles. The maximum atomic E-state index is 13.0. The van der Waals surface area contributed by atoms with Gasteiger partial charge in [0.05, 0.1) is 23.6 Å². The van der Waals surface area contributed by atoms with Crippen LogP contribution in [-0.2, 0) is 19.9 Å². The van der Waals surface area contributed by atoms with Crippen molar-refractivity contribution >= 4 is 5.91 Å². The van der Waals surface area contributed by atoms with Crippen LogP contribution in [-0.4, -0.2) is 41.5 Å². The largest absolute Gasteiger partial charge is 0.348 e. The van der Waals surface area contributed by atoms with Gasteiger partial charge in [-0.2, -0.15) is 10.2 Å². The minimum Gasteiger partial charge on any atom is -0.348 e. The first-order chi connectivity index (χ1) is 14.7. The van der Waals surface area contributed by atoms with E-state index in [0.29, 0.717) is 6.04 Å². The molecule has 5 rings (SSSR count). The average molecular weight is 406 g/mol. The van der Waals surface area contributed by atoms with Crippen LogP contribution in [0.1, 0.15) is 66.3 Å². The van der Waals surface area contributed by atoms with Crippen LogP contribution in [0.2, 0.25) is 0 Å². The third-order valence-corrected chi connectivity index (χ3v) is 6.42. The Morgan fingerprint density at radius 3 is 2.80 bits per heavy atom. The predicted molar refractivity (Wildman–Crippen MR) is 112 cm³/mol. The number of nitrogens with one attached hydrogen (secondary N) is 1. The highest BCUT2D eigenvalue weighted by Gasteiger charge is 2.28. The first-order valence-electron chi connectivity index (χ1n) is 10.8. The zero-order chi connectivity index (χ0) is 20.5. The van der Waals surface area contributed by atoms with Crippen LogP contribution in [0, 0.1) is 0 Å². The van der Waals surface area contributed by atoms with Gasteiger partial charge < -0.3 is 5.32 Å². The number of hydrogen-bond donors (Lipinski definition) is 1. The minimum absolute atomic E-state index is 0.0294. The zero-order valence-corrected chi connectivity index (χ0v) is 17.3. The molecule has 0 aliphatic heterocycles. The lowest BCUT2D eigenvalue weighted by Gasteiger charge is -2.29. The number of fused-ring (bicyclic) bond motifs is 1. The summed E-state index contributed by atoms with van der Waals surface area (Å²) in [5.74, 6) is 0.0294. The van der Waals surface area contributed by atoms with Crippen molar-refractivity contribution in [2.24, 2.45) is 7.05 Å². The lowest BCUT2D eigenvalue weighted by Crippen LogP contribution is -2.39. The summed E-state index contributed by atoms with van der Waals surface area (Å²) in [4.78, 5) is 21.2. The van der Waals surface area contributed by atoms with E-state index in [1.54, 1.807) is 17.2 Å². The Morgan fingerprint density at radius 1 is 1.17 bits per heavy atom.